The van der Waals surface area contributed by atoms with E-state index in [0.29, 0.717) is 22.5 Å². The number of carbonyl (C=O) groups excluding carboxylic acids is 1. The van der Waals surface area contributed by atoms with Gasteiger partial charge in [0, 0.05) is 12.3 Å². The zero-order chi connectivity index (χ0) is 16.2. The lowest BCUT2D eigenvalue weighted by Gasteiger charge is -2.60. The zero-order valence-corrected chi connectivity index (χ0v) is 15.6. The molecule has 0 aromatic rings. The van der Waals surface area contributed by atoms with Crippen LogP contribution in [-0.2, 0) is 4.79 Å². The van der Waals surface area contributed by atoms with Crippen molar-refractivity contribution in [2.45, 2.75) is 91.4 Å². The molecule has 0 heterocycles. The summed E-state index contributed by atoms with van der Waals surface area (Å²) in [6.45, 7) is 7.22. The van der Waals surface area contributed by atoms with Gasteiger partial charge in [-0.15, -0.1) is 0 Å². The molecule has 0 N–H and O–H groups in total. The van der Waals surface area contributed by atoms with E-state index < -0.39 is 0 Å². The van der Waals surface area contributed by atoms with E-state index in [4.69, 9.17) is 0 Å². The predicted octanol–water partition coefficient (Wildman–Crippen LogP) is 6.01. The molecular weight excluding hydrogens is 280 g/mol. The highest BCUT2D eigenvalue weighted by Gasteiger charge is 2.60. The van der Waals surface area contributed by atoms with Crippen LogP contribution < -0.4 is 0 Å². The summed E-state index contributed by atoms with van der Waals surface area (Å²) in [7, 11) is 0. The summed E-state index contributed by atoms with van der Waals surface area (Å²) in [6, 6.07) is 0. The second kappa shape index (κ2) is 5.60. The van der Waals surface area contributed by atoms with E-state index in [2.05, 4.69) is 20.8 Å². The van der Waals surface area contributed by atoms with Crippen molar-refractivity contribution in [3.8, 4) is 0 Å². The van der Waals surface area contributed by atoms with Crippen molar-refractivity contribution in [3.63, 3.8) is 0 Å². The monoisotopic (exact) mass is 316 g/mol. The summed E-state index contributed by atoms with van der Waals surface area (Å²) in [5.74, 6) is 4.71. The van der Waals surface area contributed by atoms with Crippen LogP contribution in [0.4, 0.5) is 0 Å². The first-order chi connectivity index (χ1) is 11.0. The van der Waals surface area contributed by atoms with Crippen LogP contribution in [0, 0.1) is 40.4 Å². The predicted molar refractivity (Wildman–Crippen MR) is 95.1 cm³/mol. The van der Waals surface area contributed by atoms with Gasteiger partial charge in [0.25, 0.3) is 0 Å². The molecule has 0 bridgehead atoms. The lowest BCUT2D eigenvalue weighted by molar-refractivity contribution is -0.135. The third-order valence-electron chi connectivity index (χ3n) is 9.32. The van der Waals surface area contributed by atoms with Crippen molar-refractivity contribution in [2.24, 2.45) is 40.4 Å². The van der Waals surface area contributed by atoms with Gasteiger partial charge < -0.3 is 0 Å². The Hall–Kier alpha value is -0.330. The van der Waals surface area contributed by atoms with Crippen molar-refractivity contribution >= 4 is 5.78 Å². The van der Waals surface area contributed by atoms with E-state index in [-0.39, 0.29) is 0 Å². The smallest absolute Gasteiger partial charge is 0.136 e. The first kappa shape index (κ1) is 16.2. The number of hydrogen-bond donors (Lipinski definition) is 0. The molecule has 1 heteroatoms. The van der Waals surface area contributed by atoms with Gasteiger partial charge in [-0.3, -0.25) is 4.79 Å². The number of hydrogen-bond acceptors (Lipinski definition) is 1. The molecule has 4 fully saturated rings. The highest BCUT2D eigenvalue weighted by atomic mass is 16.1. The van der Waals surface area contributed by atoms with E-state index in [9.17, 15) is 4.79 Å². The highest BCUT2D eigenvalue weighted by Crippen LogP contribution is 2.67. The van der Waals surface area contributed by atoms with Gasteiger partial charge in [-0.1, -0.05) is 33.6 Å². The Bertz CT molecular complexity index is 482. The third-order valence-corrected chi connectivity index (χ3v) is 9.32. The molecule has 23 heavy (non-hydrogen) atoms. The maximum Gasteiger partial charge on any atom is 0.136 e. The van der Waals surface area contributed by atoms with E-state index >= 15 is 0 Å². The molecule has 0 aromatic heterocycles. The van der Waals surface area contributed by atoms with Crippen LogP contribution in [0.5, 0.6) is 0 Å². The molecule has 4 rings (SSSR count). The Morgan fingerprint density at radius 2 is 1.65 bits per heavy atom. The summed E-state index contributed by atoms with van der Waals surface area (Å²) in [4.78, 5) is 12.5. The minimum atomic E-state index is 0.339. The van der Waals surface area contributed by atoms with E-state index in [1.807, 2.05) is 0 Å². The van der Waals surface area contributed by atoms with Crippen LogP contribution in [0.25, 0.3) is 0 Å². The summed E-state index contributed by atoms with van der Waals surface area (Å²) in [5, 5.41) is 0. The lowest BCUT2D eigenvalue weighted by atomic mass is 9.45. The molecule has 4 saturated carbocycles. The normalized spacial score (nSPS) is 52.4. The molecule has 130 valence electrons. The van der Waals surface area contributed by atoms with Crippen LogP contribution in [0.15, 0.2) is 0 Å². The van der Waals surface area contributed by atoms with Crippen molar-refractivity contribution in [2.75, 3.05) is 0 Å². The molecule has 4 aliphatic carbocycles. The van der Waals surface area contributed by atoms with Crippen molar-refractivity contribution < 1.29 is 4.79 Å². The zero-order valence-electron chi connectivity index (χ0n) is 15.6. The van der Waals surface area contributed by atoms with Crippen LogP contribution in [-0.4, -0.2) is 5.78 Å². The molecule has 0 radical (unpaired) electrons. The van der Waals surface area contributed by atoms with Gasteiger partial charge in [-0.2, -0.15) is 0 Å². The molecule has 1 nitrogen and oxygen atoms in total. The first-order valence-corrected chi connectivity index (χ1v) is 10.5. The fourth-order valence-corrected chi connectivity index (χ4v) is 8.07. The Kier molecular flexibility index (Phi) is 3.93. The van der Waals surface area contributed by atoms with E-state index in [1.54, 1.807) is 0 Å². The Morgan fingerprint density at radius 1 is 0.870 bits per heavy atom. The molecular formula is C22H36O. The van der Waals surface area contributed by atoms with Crippen LogP contribution >= 0.6 is 0 Å². The fraction of sp³-hybridized carbons (Fsp3) is 0.955. The van der Waals surface area contributed by atoms with Gasteiger partial charge in [-0.25, -0.2) is 0 Å². The molecule has 0 aliphatic heterocycles. The molecule has 0 spiro atoms. The SMILES string of the molecule is CCC(=O)[C@H]1CC[C@H]2[C@@H]3CC[C@H]4CCCC[C@]4(C)[C@H]3CC[C@]12C. The highest BCUT2D eigenvalue weighted by molar-refractivity contribution is 5.81. The summed E-state index contributed by atoms with van der Waals surface area (Å²) >= 11 is 0. The van der Waals surface area contributed by atoms with Gasteiger partial charge in [-0.05, 0) is 85.9 Å². The van der Waals surface area contributed by atoms with Crippen LogP contribution in [0.1, 0.15) is 91.4 Å². The molecule has 0 unspecified atom stereocenters. The van der Waals surface area contributed by atoms with Crippen molar-refractivity contribution in [1.29, 1.82) is 0 Å². The molecule has 0 saturated heterocycles. The second-order valence-corrected chi connectivity index (χ2v) is 9.90. The van der Waals surface area contributed by atoms with Crippen LogP contribution in [0.3, 0.4) is 0 Å². The van der Waals surface area contributed by atoms with Crippen LogP contribution in [0.2, 0.25) is 0 Å². The number of rotatable bonds is 2. The first-order valence-electron chi connectivity index (χ1n) is 10.5. The van der Waals surface area contributed by atoms with Gasteiger partial charge >= 0.3 is 0 Å². The Labute approximate surface area is 143 Å². The maximum atomic E-state index is 12.5. The quantitative estimate of drug-likeness (QED) is 0.609. The Balaban J connectivity index is 1.61. The van der Waals surface area contributed by atoms with Gasteiger partial charge in [0.1, 0.15) is 5.78 Å². The standard InChI is InChI=1S/C22H36O/c1-4-20(23)19-11-10-17-16-9-8-15-7-5-6-13-21(15,2)18(16)12-14-22(17,19)3/h15-19H,4-14H2,1-3H3/t15-,16+,17+,18+,19-,21+,22+/m1/s1. The number of carbonyl (C=O) groups is 1. The lowest BCUT2D eigenvalue weighted by Crippen LogP contribution is -2.53. The average molecular weight is 317 g/mol. The minimum Gasteiger partial charge on any atom is -0.299 e. The molecule has 0 amide bonds. The number of ketones is 1. The second-order valence-electron chi connectivity index (χ2n) is 9.90. The molecule has 4 aliphatic rings. The molecule has 0 aromatic carbocycles. The van der Waals surface area contributed by atoms with Crippen molar-refractivity contribution in [3.05, 3.63) is 0 Å². The van der Waals surface area contributed by atoms with Gasteiger partial charge in [0.15, 0.2) is 0 Å². The third kappa shape index (κ3) is 2.20. The van der Waals surface area contributed by atoms with Gasteiger partial charge in [0.2, 0.25) is 0 Å². The van der Waals surface area contributed by atoms with Gasteiger partial charge in [0.05, 0.1) is 0 Å². The maximum absolute atomic E-state index is 12.5. The summed E-state index contributed by atoms with van der Waals surface area (Å²) in [5.41, 5.74) is 0.974. The van der Waals surface area contributed by atoms with E-state index in [1.165, 1.54) is 64.2 Å². The minimum absolute atomic E-state index is 0.339. The topological polar surface area (TPSA) is 17.1 Å². The average Bonchev–Trinajstić information content (AvgIpc) is 2.91. The Morgan fingerprint density at radius 3 is 2.43 bits per heavy atom. The van der Waals surface area contributed by atoms with E-state index in [0.717, 1.165) is 30.1 Å². The number of Topliss-reactive ketones (excluding diaryl/α,β-unsaturated/α-hetero) is 1. The molecule has 7 atom stereocenters. The van der Waals surface area contributed by atoms with Crippen molar-refractivity contribution in [1.82, 2.24) is 0 Å². The largest absolute Gasteiger partial charge is 0.299 e. The number of fused-ring (bicyclic) bond motifs is 5. The fourth-order valence-electron chi connectivity index (χ4n) is 8.07. The summed E-state index contributed by atoms with van der Waals surface area (Å²) in [6.07, 6.45) is 14.9. The summed E-state index contributed by atoms with van der Waals surface area (Å²) < 4.78 is 0.